The van der Waals surface area contributed by atoms with Crippen LogP contribution >= 0.6 is 22.6 Å². The zero-order valence-electron chi connectivity index (χ0n) is 16.8. The Labute approximate surface area is 197 Å². The van der Waals surface area contributed by atoms with E-state index in [1.54, 1.807) is 6.07 Å². The van der Waals surface area contributed by atoms with E-state index in [1.165, 1.54) is 12.1 Å². The highest BCUT2D eigenvalue weighted by atomic mass is 127. The minimum absolute atomic E-state index is 0.0161. The number of carbonyl (C=O) groups excluding carboxylic acids is 2. The first-order valence-corrected chi connectivity index (χ1v) is 10.6. The van der Waals surface area contributed by atoms with Gasteiger partial charge in [0.2, 0.25) is 0 Å². The fourth-order valence-electron chi connectivity index (χ4n) is 3.13. The highest BCUT2D eigenvalue weighted by Crippen LogP contribution is 2.53. The summed E-state index contributed by atoms with van der Waals surface area (Å²) < 4.78 is 92.8. The second kappa shape index (κ2) is 8.76. The van der Waals surface area contributed by atoms with Gasteiger partial charge in [0.1, 0.15) is 0 Å². The van der Waals surface area contributed by atoms with Crippen LogP contribution in [0.25, 0.3) is 0 Å². The Morgan fingerprint density at radius 1 is 0.939 bits per heavy atom. The monoisotopic (exact) mass is 588 g/mol. The van der Waals surface area contributed by atoms with Crippen molar-refractivity contribution in [1.29, 1.82) is 0 Å². The van der Waals surface area contributed by atoms with Crippen molar-refractivity contribution in [3.63, 3.8) is 0 Å². The Morgan fingerprint density at radius 3 is 2.06 bits per heavy atom. The van der Waals surface area contributed by atoms with Crippen LogP contribution in [0.3, 0.4) is 0 Å². The third-order valence-corrected chi connectivity index (χ3v) is 5.95. The number of aryl methyl sites for hydroxylation is 1. The van der Waals surface area contributed by atoms with Gasteiger partial charge in [0.25, 0.3) is 11.8 Å². The molecule has 2 aromatic carbocycles. The van der Waals surface area contributed by atoms with Crippen molar-refractivity contribution in [3.05, 3.63) is 62.2 Å². The van der Waals surface area contributed by atoms with Gasteiger partial charge in [-0.15, -0.1) is 0 Å². The predicted octanol–water partition coefficient (Wildman–Crippen LogP) is 6.03. The van der Waals surface area contributed by atoms with Crippen LogP contribution in [-0.4, -0.2) is 30.2 Å². The van der Waals surface area contributed by atoms with Gasteiger partial charge in [0, 0.05) is 20.9 Å². The first-order valence-electron chi connectivity index (χ1n) is 9.51. The molecule has 2 aromatic rings. The molecule has 1 saturated carbocycles. The Kier molecular flexibility index (Phi) is 6.70. The largest absolute Gasteiger partial charge is 0.435 e. The van der Waals surface area contributed by atoms with Crippen LogP contribution in [0.2, 0.25) is 0 Å². The van der Waals surface area contributed by atoms with Gasteiger partial charge in [0.05, 0.1) is 11.1 Å². The number of amides is 2. The topological polar surface area (TPSA) is 58.2 Å². The van der Waals surface area contributed by atoms with Gasteiger partial charge < -0.3 is 10.6 Å². The lowest BCUT2D eigenvalue weighted by Crippen LogP contribution is -2.50. The summed E-state index contributed by atoms with van der Waals surface area (Å²) in [6.45, 7) is 1.13. The maximum Gasteiger partial charge on any atom is 0.435 e. The molecule has 2 N–H and O–H groups in total. The number of nitrogens with one attached hydrogen (secondary N) is 2. The second-order valence-electron chi connectivity index (χ2n) is 7.55. The van der Waals surface area contributed by atoms with E-state index in [0.717, 1.165) is 25.8 Å². The number of carbonyl (C=O) groups is 2. The molecular weight excluding hydrogens is 572 g/mol. The Bertz CT molecular complexity index is 1080. The second-order valence-corrected chi connectivity index (χ2v) is 8.71. The first kappa shape index (κ1) is 25.2. The highest BCUT2D eigenvalue weighted by Gasteiger charge is 2.73. The van der Waals surface area contributed by atoms with Crippen molar-refractivity contribution >= 4 is 40.1 Å². The molecular formula is C21H16F7IN2O2. The van der Waals surface area contributed by atoms with Gasteiger partial charge in [0.15, 0.2) is 0 Å². The Morgan fingerprint density at radius 2 is 1.55 bits per heavy atom. The zero-order valence-corrected chi connectivity index (χ0v) is 19.0. The summed E-state index contributed by atoms with van der Waals surface area (Å²) in [4.78, 5) is 25.4. The van der Waals surface area contributed by atoms with Crippen molar-refractivity contribution in [2.24, 2.45) is 0 Å². The predicted molar refractivity (Wildman–Crippen MR) is 114 cm³/mol. The molecule has 4 nitrogen and oxygen atoms in total. The molecule has 0 aliphatic heterocycles. The van der Waals surface area contributed by atoms with Gasteiger partial charge in [-0.3, -0.25) is 9.59 Å². The van der Waals surface area contributed by atoms with Gasteiger partial charge in [-0.2, -0.15) is 26.3 Å². The number of benzene rings is 2. The molecule has 1 aliphatic carbocycles. The smallest absolute Gasteiger partial charge is 0.349 e. The van der Waals surface area contributed by atoms with Crippen LogP contribution in [0.15, 0.2) is 36.4 Å². The van der Waals surface area contributed by atoms with Crippen LogP contribution < -0.4 is 10.6 Å². The summed E-state index contributed by atoms with van der Waals surface area (Å²) in [6, 6.07) is 5.96. The number of anilines is 1. The first-order chi connectivity index (χ1) is 15.2. The van der Waals surface area contributed by atoms with E-state index in [1.807, 2.05) is 22.6 Å². The van der Waals surface area contributed by atoms with E-state index < -0.39 is 35.4 Å². The quantitative estimate of drug-likeness (QED) is 0.331. The lowest BCUT2D eigenvalue weighted by Gasteiger charge is -2.30. The van der Waals surface area contributed by atoms with E-state index in [9.17, 15) is 40.3 Å². The molecule has 178 valence electrons. The van der Waals surface area contributed by atoms with Crippen molar-refractivity contribution < 1.29 is 40.3 Å². The number of hydrogen-bond acceptors (Lipinski definition) is 2. The minimum Gasteiger partial charge on any atom is -0.349 e. The SMILES string of the molecule is Cc1cc(C(F)(C(F)(F)F)C(F)(F)F)ccc1NC(=O)c1cccc(I)c1C(=O)NC1CC1. The maximum absolute atomic E-state index is 14.3. The average Bonchev–Trinajstić information content (AvgIpc) is 3.50. The molecule has 0 unspecified atom stereocenters. The van der Waals surface area contributed by atoms with Gasteiger partial charge in [-0.05, 0) is 66.1 Å². The van der Waals surface area contributed by atoms with E-state index in [2.05, 4.69) is 10.6 Å². The van der Waals surface area contributed by atoms with E-state index in [0.29, 0.717) is 15.7 Å². The van der Waals surface area contributed by atoms with Crippen LogP contribution in [0.4, 0.5) is 36.4 Å². The normalized spacial score (nSPS) is 14.7. The van der Waals surface area contributed by atoms with Gasteiger partial charge >= 0.3 is 18.0 Å². The number of halogens is 8. The third kappa shape index (κ3) is 4.94. The van der Waals surface area contributed by atoms with Crippen molar-refractivity contribution in [3.8, 4) is 0 Å². The molecule has 0 bridgehead atoms. The summed E-state index contributed by atoms with van der Waals surface area (Å²) >= 11 is 1.87. The molecule has 0 heterocycles. The minimum atomic E-state index is -6.24. The summed E-state index contributed by atoms with van der Waals surface area (Å²) in [7, 11) is 0. The van der Waals surface area contributed by atoms with Crippen LogP contribution in [0, 0.1) is 10.5 Å². The summed E-state index contributed by atoms with van der Waals surface area (Å²) in [5.74, 6) is -1.28. The molecule has 0 atom stereocenters. The zero-order chi connectivity index (χ0) is 24.8. The highest BCUT2D eigenvalue weighted by molar-refractivity contribution is 14.1. The molecule has 0 aromatic heterocycles. The molecule has 1 fully saturated rings. The number of alkyl halides is 7. The van der Waals surface area contributed by atoms with Crippen LogP contribution in [0.1, 0.15) is 44.7 Å². The lowest BCUT2D eigenvalue weighted by atomic mass is 9.92. The van der Waals surface area contributed by atoms with Crippen molar-refractivity contribution in [2.45, 2.75) is 43.8 Å². The molecule has 0 radical (unpaired) electrons. The number of hydrogen-bond donors (Lipinski definition) is 2. The summed E-state index contributed by atoms with van der Waals surface area (Å²) in [5, 5.41) is 5.12. The van der Waals surface area contributed by atoms with Crippen molar-refractivity contribution in [2.75, 3.05) is 5.32 Å². The Hall–Kier alpha value is -2.38. The molecule has 0 saturated heterocycles. The molecule has 12 heteroatoms. The fourth-order valence-corrected chi connectivity index (χ4v) is 3.87. The fraction of sp³-hybridized carbons (Fsp3) is 0.333. The Balaban J connectivity index is 1.92. The molecule has 1 aliphatic rings. The molecule has 0 spiro atoms. The standard InChI is InChI=1S/C21H16F7IN2O2/c1-10-9-11(19(22,20(23,24)25)21(26,27)28)5-8-15(10)31-17(32)13-3-2-4-14(29)16(13)18(33)30-12-6-7-12/h2-5,8-9,12H,6-7H2,1H3,(H,30,33)(H,31,32). The summed E-state index contributed by atoms with van der Waals surface area (Å²) in [5.41, 5.74) is -7.54. The molecule has 3 rings (SSSR count). The maximum atomic E-state index is 14.3. The molecule has 2 amide bonds. The van der Waals surface area contributed by atoms with Crippen LogP contribution in [-0.2, 0) is 5.67 Å². The van der Waals surface area contributed by atoms with Gasteiger partial charge in [-0.25, -0.2) is 4.39 Å². The average molecular weight is 588 g/mol. The van der Waals surface area contributed by atoms with E-state index in [4.69, 9.17) is 0 Å². The molecule has 33 heavy (non-hydrogen) atoms. The van der Waals surface area contributed by atoms with E-state index >= 15 is 0 Å². The van der Waals surface area contributed by atoms with Crippen LogP contribution in [0.5, 0.6) is 0 Å². The third-order valence-electron chi connectivity index (χ3n) is 5.05. The lowest BCUT2D eigenvalue weighted by molar-refractivity contribution is -0.348. The van der Waals surface area contributed by atoms with Gasteiger partial charge in [-0.1, -0.05) is 18.2 Å². The van der Waals surface area contributed by atoms with E-state index in [-0.39, 0.29) is 28.4 Å². The van der Waals surface area contributed by atoms with Crippen molar-refractivity contribution in [1.82, 2.24) is 5.32 Å². The summed E-state index contributed by atoms with van der Waals surface area (Å²) in [6.07, 6.45) is -10.9. The number of rotatable bonds is 5.